The second kappa shape index (κ2) is 5.66. The van der Waals surface area contributed by atoms with Crippen LogP contribution in [0.15, 0.2) is 18.2 Å². The Hall–Kier alpha value is -1.20. The zero-order valence-corrected chi connectivity index (χ0v) is 12.2. The van der Waals surface area contributed by atoms with Crippen molar-refractivity contribution in [2.24, 2.45) is 5.73 Å². The Morgan fingerprint density at radius 1 is 1.45 bits per heavy atom. The first kappa shape index (κ1) is 13.8. The molecule has 0 amide bonds. The van der Waals surface area contributed by atoms with Crippen molar-refractivity contribution in [3.05, 3.63) is 29.6 Å². The summed E-state index contributed by atoms with van der Waals surface area (Å²) in [4.78, 5) is 2.97. The van der Waals surface area contributed by atoms with Crippen LogP contribution in [0.1, 0.15) is 24.8 Å². The lowest BCUT2D eigenvalue weighted by Gasteiger charge is -2.24. The lowest BCUT2D eigenvalue weighted by molar-refractivity contribution is 0.147. The van der Waals surface area contributed by atoms with Crippen LogP contribution in [-0.4, -0.2) is 35.1 Å². The van der Waals surface area contributed by atoms with Gasteiger partial charge < -0.3 is 10.5 Å². The second-order valence-corrected chi connectivity index (χ2v) is 6.16. The van der Waals surface area contributed by atoms with E-state index < -0.39 is 0 Å². The largest absolute Gasteiger partial charge is 0.488 e. The van der Waals surface area contributed by atoms with Gasteiger partial charge in [-0.25, -0.2) is 4.39 Å². The molecule has 20 heavy (non-hydrogen) atoms. The van der Waals surface area contributed by atoms with Crippen LogP contribution >= 0.6 is 12.2 Å². The van der Waals surface area contributed by atoms with Crippen molar-refractivity contribution >= 4 is 17.2 Å². The molecule has 1 aromatic carbocycles. The van der Waals surface area contributed by atoms with Gasteiger partial charge in [0.2, 0.25) is 0 Å². The highest BCUT2D eigenvalue weighted by atomic mass is 32.1. The first-order valence-electron chi connectivity index (χ1n) is 7.09. The standard InChI is InChI=1S/C15H19FN2OS/c16-11-1-4-14-10(7-11)8-13(19-14)9-18(12-2-3-12)6-5-15(17)20/h1,4,7,12-13H,2-3,5-6,8-9H2,(H2,17,20). The van der Waals surface area contributed by atoms with Crippen LogP contribution in [0.25, 0.3) is 0 Å². The number of halogens is 1. The van der Waals surface area contributed by atoms with E-state index >= 15 is 0 Å². The average molecular weight is 294 g/mol. The van der Waals surface area contributed by atoms with Crippen molar-refractivity contribution in [3.63, 3.8) is 0 Å². The van der Waals surface area contributed by atoms with E-state index in [2.05, 4.69) is 4.90 Å². The van der Waals surface area contributed by atoms with Crippen LogP contribution in [0.4, 0.5) is 4.39 Å². The third-order valence-corrected chi connectivity index (χ3v) is 4.11. The molecule has 3 nitrogen and oxygen atoms in total. The van der Waals surface area contributed by atoms with E-state index in [0.717, 1.165) is 37.2 Å². The quantitative estimate of drug-likeness (QED) is 0.817. The maximum Gasteiger partial charge on any atom is 0.123 e. The van der Waals surface area contributed by atoms with Gasteiger partial charge in [-0.3, -0.25) is 4.90 Å². The van der Waals surface area contributed by atoms with Crippen molar-refractivity contribution < 1.29 is 9.13 Å². The Morgan fingerprint density at radius 3 is 2.95 bits per heavy atom. The normalized spacial score (nSPS) is 20.8. The molecule has 0 aromatic heterocycles. The molecule has 0 spiro atoms. The highest BCUT2D eigenvalue weighted by molar-refractivity contribution is 7.80. The molecular formula is C15H19FN2OS. The Morgan fingerprint density at radius 2 is 2.25 bits per heavy atom. The number of hydrogen-bond acceptors (Lipinski definition) is 3. The topological polar surface area (TPSA) is 38.5 Å². The molecule has 2 aliphatic rings. The molecular weight excluding hydrogens is 275 g/mol. The Kier molecular flexibility index (Phi) is 3.89. The minimum atomic E-state index is -0.194. The minimum Gasteiger partial charge on any atom is -0.488 e. The molecule has 0 radical (unpaired) electrons. The van der Waals surface area contributed by atoms with Gasteiger partial charge in [-0.1, -0.05) is 12.2 Å². The smallest absolute Gasteiger partial charge is 0.123 e. The maximum absolute atomic E-state index is 13.2. The van der Waals surface area contributed by atoms with Crippen molar-refractivity contribution in [1.29, 1.82) is 0 Å². The number of rotatable bonds is 6. The van der Waals surface area contributed by atoms with E-state index in [1.807, 2.05) is 0 Å². The summed E-state index contributed by atoms with van der Waals surface area (Å²) < 4.78 is 19.1. The molecule has 108 valence electrons. The van der Waals surface area contributed by atoms with E-state index in [1.54, 1.807) is 12.1 Å². The predicted octanol–water partition coefficient (Wildman–Crippen LogP) is 2.27. The molecule has 0 saturated heterocycles. The van der Waals surface area contributed by atoms with E-state index in [1.165, 1.54) is 18.9 Å². The molecule has 1 unspecified atom stereocenters. The van der Waals surface area contributed by atoms with Crippen LogP contribution in [0.2, 0.25) is 0 Å². The van der Waals surface area contributed by atoms with Gasteiger partial charge in [-0.05, 0) is 31.0 Å². The summed E-state index contributed by atoms with van der Waals surface area (Å²) in [5.41, 5.74) is 6.56. The number of hydrogen-bond donors (Lipinski definition) is 1. The number of nitrogens with two attached hydrogens (primary N) is 1. The maximum atomic E-state index is 13.2. The van der Waals surface area contributed by atoms with E-state index in [-0.39, 0.29) is 11.9 Å². The van der Waals surface area contributed by atoms with Crippen molar-refractivity contribution in [2.75, 3.05) is 13.1 Å². The van der Waals surface area contributed by atoms with Crippen LogP contribution in [0.3, 0.4) is 0 Å². The number of thiocarbonyl (C=S) groups is 1. The fourth-order valence-corrected chi connectivity index (χ4v) is 2.86. The number of benzene rings is 1. The van der Waals surface area contributed by atoms with Crippen molar-refractivity contribution in [1.82, 2.24) is 4.90 Å². The highest BCUT2D eigenvalue weighted by Gasteiger charge is 2.33. The summed E-state index contributed by atoms with van der Waals surface area (Å²) in [7, 11) is 0. The third-order valence-electron chi connectivity index (χ3n) is 3.91. The Labute approximate surface area is 123 Å². The number of nitrogens with zero attached hydrogens (tertiary/aromatic N) is 1. The zero-order chi connectivity index (χ0) is 14.1. The molecule has 0 bridgehead atoms. The van der Waals surface area contributed by atoms with Gasteiger partial charge in [0.15, 0.2) is 0 Å². The first-order chi connectivity index (χ1) is 9.61. The van der Waals surface area contributed by atoms with Crippen molar-refractivity contribution in [2.45, 2.75) is 37.8 Å². The molecule has 1 aliphatic carbocycles. The van der Waals surface area contributed by atoms with Crippen molar-refractivity contribution in [3.8, 4) is 5.75 Å². The lowest BCUT2D eigenvalue weighted by atomic mass is 10.1. The fraction of sp³-hybridized carbons (Fsp3) is 0.533. The Bertz CT molecular complexity index is 519. The van der Waals surface area contributed by atoms with Gasteiger partial charge in [0.05, 0.1) is 4.99 Å². The number of ether oxygens (including phenoxy) is 1. The van der Waals surface area contributed by atoms with Gasteiger partial charge in [-0.15, -0.1) is 0 Å². The van der Waals surface area contributed by atoms with E-state index in [9.17, 15) is 4.39 Å². The van der Waals surface area contributed by atoms with E-state index in [4.69, 9.17) is 22.7 Å². The predicted molar refractivity (Wildman–Crippen MR) is 80.5 cm³/mol. The molecule has 1 saturated carbocycles. The lowest BCUT2D eigenvalue weighted by Crippen LogP contribution is -2.38. The summed E-state index contributed by atoms with van der Waals surface area (Å²) >= 11 is 4.95. The molecule has 1 aliphatic heterocycles. The summed E-state index contributed by atoms with van der Waals surface area (Å²) in [6.07, 6.45) is 4.12. The Balaban J connectivity index is 1.59. The first-order valence-corrected chi connectivity index (χ1v) is 7.50. The molecule has 3 rings (SSSR count). The molecule has 2 N–H and O–H groups in total. The van der Waals surface area contributed by atoms with Gasteiger partial charge in [0, 0.05) is 37.5 Å². The molecule has 1 fully saturated rings. The van der Waals surface area contributed by atoms with Crippen LogP contribution in [0.5, 0.6) is 5.75 Å². The van der Waals surface area contributed by atoms with Crippen LogP contribution < -0.4 is 10.5 Å². The summed E-state index contributed by atoms with van der Waals surface area (Å²) in [5.74, 6) is 0.627. The average Bonchev–Trinajstić information content (AvgIpc) is 3.15. The van der Waals surface area contributed by atoms with Crippen LogP contribution in [0, 0.1) is 5.82 Å². The van der Waals surface area contributed by atoms with E-state index in [0.29, 0.717) is 11.0 Å². The summed E-state index contributed by atoms with van der Waals surface area (Å²) in [6, 6.07) is 5.40. The summed E-state index contributed by atoms with van der Waals surface area (Å²) in [6.45, 7) is 1.76. The number of fused-ring (bicyclic) bond motifs is 1. The fourth-order valence-electron chi connectivity index (χ4n) is 2.77. The monoisotopic (exact) mass is 294 g/mol. The molecule has 1 aromatic rings. The van der Waals surface area contributed by atoms with Gasteiger partial charge in [0.1, 0.15) is 17.7 Å². The zero-order valence-electron chi connectivity index (χ0n) is 11.3. The van der Waals surface area contributed by atoms with Gasteiger partial charge in [-0.2, -0.15) is 0 Å². The molecule has 1 heterocycles. The SMILES string of the molecule is NC(=S)CCN(CC1Cc2cc(F)ccc2O1)C1CC1. The van der Waals surface area contributed by atoms with Gasteiger partial charge >= 0.3 is 0 Å². The molecule has 5 heteroatoms. The molecule has 1 atom stereocenters. The summed E-state index contributed by atoms with van der Waals surface area (Å²) in [5, 5.41) is 0. The minimum absolute atomic E-state index is 0.110. The second-order valence-electron chi connectivity index (χ2n) is 5.64. The highest BCUT2D eigenvalue weighted by Crippen LogP contribution is 2.32. The van der Waals surface area contributed by atoms with Crippen LogP contribution in [-0.2, 0) is 6.42 Å². The van der Waals surface area contributed by atoms with Gasteiger partial charge in [0.25, 0.3) is 0 Å². The third kappa shape index (κ3) is 3.27.